The van der Waals surface area contributed by atoms with E-state index in [0.717, 1.165) is 10.9 Å². The highest BCUT2D eigenvalue weighted by Crippen LogP contribution is 2.15. The Kier molecular flexibility index (Phi) is 4.57. The average molecular weight is 289 g/mol. The number of carbonyl (C=O) groups excluding carboxylic acids is 1. The molecule has 6 nitrogen and oxygen atoms in total. The lowest BCUT2D eigenvalue weighted by Crippen LogP contribution is -2.42. The Hall–Kier alpha value is -2.37. The molecule has 0 saturated carbocycles. The van der Waals surface area contributed by atoms with Crippen LogP contribution in [0, 0.1) is 5.92 Å². The lowest BCUT2D eigenvalue weighted by atomic mass is 10.0. The maximum Gasteiger partial charge on any atom is 0.326 e. The minimum absolute atomic E-state index is 0.0857. The van der Waals surface area contributed by atoms with E-state index in [2.05, 4.69) is 15.5 Å². The molecule has 6 heteroatoms. The van der Waals surface area contributed by atoms with Crippen LogP contribution < -0.4 is 5.32 Å². The number of carboxylic acids is 1. The van der Waals surface area contributed by atoms with Crippen molar-refractivity contribution in [1.29, 1.82) is 0 Å². The predicted molar refractivity (Wildman–Crippen MR) is 78.8 cm³/mol. The van der Waals surface area contributed by atoms with Crippen LogP contribution in [-0.2, 0) is 16.0 Å². The van der Waals surface area contributed by atoms with Crippen LogP contribution >= 0.6 is 0 Å². The maximum absolute atomic E-state index is 12.0. The van der Waals surface area contributed by atoms with Gasteiger partial charge in [-0.05, 0) is 18.4 Å². The molecule has 1 amide bonds. The molecule has 0 fully saturated rings. The van der Waals surface area contributed by atoms with E-state index >= 15 is 0 Å². The molecule has 0 aliphatic carbocycles. The summed E-state index contributed by atoms with van der Waals surface area (Å²) in [6, 6.07) is 6.62. The van der Waals surface area contributed by atoms with Gasteiger partial charge in [-0.15, -0.1) is 0 Å². The number of fused-ring (bicyclic) bond motifs is 1. The summed E-state index contributed by atoms with van der Waals surface area (Å²) in [4.78, 5) is 23.2. The number of amides is 1. The Bertz CT molecular complexity index is 648. The van der Waals surface area contributed by atoms with Gasteiger partial charge in [-0.3, -0.25) is 9.89 Å². The second-order valence-corrected chi connectivity index (χ2v) is 5.48. The molecule has 0 radical (unpaired) electrons. The number of hydrogen-bond donors (Lipinski definition) is 3. The minimum atomic E-state index is -1.01. The van der Waals surface area contributed by atoms with Crippen molar-refractivity contribution in [3.63, 3.8) is 0 Å². The molecule has 2 aromatic rings. The van der Waals surface area contributed by atoms with Crippen LogP contribution in [-0.4, -0.2) is 33.2 Å². The van der Waals surface area contributed by atoms with Crippen LogP contribution in [0.5, 0.6) is 0 Å². The number of carboxylic acid groups (broad SMARTS) is 1. The van der Waals surface area contributed by atoms with Crippen LogP contribution in [0.4, 0.5) is 0 Å². The maximum atomic E-state index is 12.0. The van der Waals surface area contributed by atoms with Gasteiger partial charge in [-0.25, -0.2) is 4.79 Å². The lowest BCUT2D eigenvalue weighted by Gasteiger charge is -2.16. The Morgan fingerprint density at radius 3 is 2.71 bits per heavy atom. The number of carbonyl (C=O) groups is 2. The molecule has 1 atom stereocenters. The van der Waals surface area contributed by atoms with E-state index < -0.39 is 12.0 Å². The Morgan fingerprint density at radius 2 is 2.05 bits per heavy atom. The molecule has 112 valence electrons. The fourth-order valence-corrected chi connectivity index (χ4v) is 2.25. The first kappa shape index (κ1) is 15.0. The van der Waals surface area contributed by atoms with Crippen molar-refractivity contribution >= 4 is 22.8 Å². The van der Waals surface area contributed by atoms with E-state index in [1.807, 2.05) is 38.1 Å². The normalized spacial score (nSPS) is 12.5. The third kappa shape index (κ3) is 3.81. The van der Waals surface area contributed by atoms with E-state index in [4.69, 9.17) is 5.11 Å². The highest BCUT2D eigenvalue weighted by Gasteiger charge is 2.21. The summed E-state index contributed by atoms with van der Waals surface area (Å²) in [7, 11) is 0. The number of benzene rings is 1. The van der Waals surface area contributed by atoms with Crippen molar-refractivity contribution in [2.45, 2.75) is 32.7 Å². The highest BCUT2D eigenvalue weighted by molar-refractivity contribution is 5.89. The van der Waals surface area contributed by atoms with Crippen molar-refractivity contribution in [2.24, 2.45) is 5.92 Å². The van der Waals surface area contributed by atoms with E-state index in [0.29, 0.717) is 12.1 Å². The number of H-pyrrole nitrogens is 1. The predicted octanol–water partition coefficient (Wildman–Crippen LogP) is 1.72. The van der Waals surface area contributed by atoms with Gasteiger partial charge in [0, 0.05) is 5.39 Å². The molecular weight excluding hydrogens is 270 g/mol. The van der Waals surface area contributed by atoms with Gasteiger partial charge in [0.05, 0.1) is 17.6 Å². The molecule has 3 N–H and O–H groups in total. The second-order valence-electron chi connectivity index (χ2n) is 5.48. The molecule has 21 heavy (non-hydrogen) atoms. The molecule has 0 aliphatic heterocycles. The van der Waals surface area contributed by atoms with Crippen LogP contribution in [0.15, 0.2) is 24.3 Å². The largest absolute Gasteiger partial charge is 0.480 e. The Labute approximate surface area is 122 Å². The quantitative estimate of drug-likeness (QED) is 0.754. The first-order chi connectivity index (χ1) is 9.97. The van der Waals surface area contributed by atoms with Gasteiger partial charge >= 0.3 is 5.97 Å². The fraction of sp³-hybridized carbons (Fsp3) is 0.400. The number of nitrogens with one attached hydrogen (secondary N) is 2. The zero-order chi connectivity index (χ0) is 15.4. The van der Waals surface area contributed by atoms with Crippen LogP contribution in [0.3, 0.4) is 0 Å². The smallest absolute Gasteiger partial charge is 0.326 e. The first-order valence-corrected chi connectivity index (χ1v) is 6.91. The molecule has 0 bridgehead atoms. The lowest BCUT2D eigenvalue weighted by molar-refractivity contribution is -0.142. The van der Waals surface area contributed by atoms with Gasteiger partial charge in [0.15, 0.2) is 0 Å². The molecule has 2 rings (SSSR count). The highest BCUT2D eigenvalue weighted by atomic mass is 16.4. The average Bonchev–Trinajstić information content (AvgIpc) is 2.81. The van der Waals surface area contributed by atoms with Crippen molar-refractivity contribution in [2.75, 3.05) is 0 Å². The number of aliphatic carboxylic acids is 1. The third-order valence-corrected chi connectivity index (χ3v) is 3.22. The van der Waals surface area contributed by atoms with E-state index in [1.54, 1.807) is 0 Å². The summed E-state index contributed by atoms with van der Waals surface area (Å²) < 4.78 is 0. The molecule has 1 unspecified atom stereocenters. The Balaban J connectivity index is 2.05. The second kappa shape index (κ2) is 6.39. The molecule has 1 heterocycles. The molecule has 0 spiro atoms. The number of aromatic nitrogens is 2. The van der Waals surface area contributed by atoms with Crippen molar-refractivity contribution < 1.29 is 14.7 Å². The Morgan fingerprint density at radius 1 is 1.33 bits per heavy atom. The minimum Gasteiger partial charge on any atom is -0.480 e. The first-order valence-electron chi connectivity index (χ1n) is 6.91. The summed E-state index contributed by atoms with van der Waals surface area (Å²) in [5.74, 6) is -1.14. The summed E-state index contributed by atoms with van der Waals surface area (Å²) in [6.45, 7) is 3.84. The van der Waals surface area contributed by atoms with Gasteiger partial charge in [-0.1, -0.05) is 32.0 Å². The van der Waals surface area contributed by atoms with E-state index in [-0.39, 0.29) is 18.2 Å². The number of hydrogen-bond acceptors (Lipinski definition) is 3. The number of rotatable bonds is 6. The van der Waals surface area contributed by atoms with Crippen molar-refractivity contribution in [3.8, 4) is 0 Å². The van der Waals surface area contributed by atoms with Gasteiger partial charge in [0.1, 0.15) is 6.04 Å². The number of nitrogens with zero attached hydrogens (tertiary/aromatic N) is 1. The van der Waals surface area contributed by atoms with Crippen LogP contribution in [0.2, 0.25) is 0 Å². The summed E-state index contributed by atoms with van der Waals surface area (Å²) in [5, 5.41) is 19.5. The van der Waals surface area contributed by atoms with Crippen LogP contribution in [0.25, 0.3) is 10.9 Å². The van der Waals surface area contributed by atoms with Gasteiger partial charge in [0.25, 0.3) is 0 Å². The molecular formula is C15H19N3O3. The van der Waals surface area contributed by atoms with Gasteiger partial charge in [0.2, 0.25) is 5.91 Å². The number of aromatic amines is 1. The molecule has 1 aromatic carbocycles. The van der Waals surface area contributed by atoms with Crippen molar-refractivity contribution in [3.05, 3.63) is 30.0 Å². The van der Waals surface area contributed by atoms with Gasteiger partial charge in [-0.2, -0.15) is 5.10 Å². The monoisotopic (exact) mass is 289 g/mol. The van der Waals surface area contributed by atoms with Crippen molar-refractivity contribution in [1.82, 2.24) is 15.5 Å². The summed E-state index contributed by atoms with van der Waals surface area (Å²) in [6.07, 6.45) is 0.493. The topological polar surface area (TPSA) is 95.1 Å². The zero-order valence-electron chi connectivity index (χ0n) is 12.1. The van der Waals surface area contributed by atoms with Gasteiger partial charge < -0.3 is 10.4 Å². The molecule has 1 aromatic heterocycles. The summed E-state index contributed by atoms with van der Waals surface area (Å²) in [5.41, 5.74) is 1.48. The molecule has 0 saturated heterocycles. The van der Waals surface area contributed by atoms with E-state index in [1.165, 1.54) is 0 Å². The van der Waals surface area contributed by atoms with Crippen LogP contribution in [0.1, 0.15) is 26.0 Å². The SMILES string of the molecule is CC(C)CC(NC(=O)Cc1[nH]nc2ccccc12)C(=O)O. The standard InChI is InChI=1S/C15H19N3O3/c1-9(2)7-13(15(20)21)16-14(19)8-12-10-5-3-4-6-11(10)17-18-12/h3-6,9,13H,7-8H2,1-2H3,(H,16,19)(H,17,18)(H,20,21). The third-order valence-electron chi connectivity index (χ3n) is 3.22. The van der Waals surface area contributed by atoms with E-state index in [9.17, 15) is 9.59 Å². The fourth-order valence-electron chi connectivity index (χ4n) is 2.25. The summed E-state index contributed by atoms with van der Waals surface area (Å²) >= 11 is 0. The zero-order valence-corrected chi connectivity index (χ0v) is 12.1. The number of para-hydroxylation sites is 1. The molecule has 0 aliphatic rings.